The van der Waals surface area contributed by atoms with Crippen LogP contribution >= 0.6 is 0 Å². The maximum absolute atomic E-state index is 13.0. The van der Waals surface area contributed by atoms with Crippen LogP contribution in [0.1, 0.15) is 25.2 Å². The first kappa shape index (κ1) is 17.8. The Morgan fingerprint density at radius 3 is 2.93 bits per heavy atom. The number of fused-ring (bicyclic) bond motifs is 2. The first-order chi connectivity index (χ1) is 14.1. The molecule has 5 rings (SSSR count). The minimum atomic E-state index is -0.574. The number of aryl methyl sites for hydroxylation is 1. The van der Waals surface area contributed by atoms with Crippen molar-refractivity contribution in [3.05, 3.63) is 48.3 Å². The van der Waals surface area contributed by atoms with Gasteiger partial charge in [0, 0.05) is 19.2 Å². The first-order valence-electron chi connectivity index (χ1n) is 9.89. The van der Waals surface area contributed by atoms with E-state index in [4.69, 9.17) is 14.2 Å². The zero-order valence-corrected chi connectivity index (χ0v) is 16.5. The van der Waals surface area contributed by atoms with Crippen LogP contribution in [0, 0.1) is 6.92 Å². The predicted molar refractivity (Wildman–Crippen MR) is 107 cm³/mol. The minimum absolute atomic E-state index is 0.00718. The van der Waals surface area contributed by atoms with Gasteiger partial charge < -0.3 is 23.7 Å². The summed E-state index contributed by atoms with van der Waals surface area (Å²) in [5.74, 6) is 2.91. The number of amides is 1. The van der Waals surface area contributed by atoms with Crippen LogP contribution in [0.4, 0.5) is 0 Å². The van der Waals surface area contributed by atoms with Crippen molar-refractivity contribution >= 4 is 16.9 Å². The lowest BCUT2D eigenvalue weighted by molar-refractivity contribution is -0.136. The Bertz CT molecular complexity index is 1080. The zero-order chi connectivity index (χ0) is 20.0. The number of aromatic nitrogens is 2. The van der Waals surface area contributed by atoms with Crippen LogP contribution in [-0.2, 0) is 4.79 Å². The van der Waals surface area contributed by atoms with Crippen molar-refractivity contribution in [2.75, 3.05) is 19.9 Å². The second-order valence-corrected chi connectivity index (χ2v) is 7.52. The molecule has 29 heavy (non-hydrogen) atoms. The number of likely N-dealkylation sites (tertiary alicyclic amines) is 1. The lowest BCUT2D eigenvalue weighted by atomic mass is 10.2. The Morgan fingerprint density at radius 1 is 1.21 bits per heavy atom. The van der Waals surface area contributed by atoms with Gasteiger partial charge in [0.2, 0.25) is 6.79 Å². The van der Waals surface area contributed by atoms with Crippen LogP contribution in [0.15, 0.2) is 42.5 Å². The van der Waals surface area contributed by atoms with E-state index in [1.807, 2.05) is 30.0 Å². The number of para-hydroxylation sites is 2. The molecular weight excluding hydrogens is 370 g/mol. The van der Waals surface area contributed by atoms with E-state index in [1.54, 1.807) is 25.1 Å². The average Bonchev–Trinajstić information content (AvgIpc) is 3.44. The summed E-state index contributed by atoms with van der Waals surface area (Å²) in [5, 5.41) is 0. The van der Waals surface area contributed by atoms with Crippen LogP contribution in [0.25, 0.3) is 11.0 Å². The zero-order valence-electron chi connectivity index (χ0n) is 16.5. The van der Waals surface area contributed by atoms with Gasteiger partial charge in [0.1, 0.15) is 11.6 Å². The fourth-order valence-electron chi connectivity index (χ4n) is 4.24. The molecule has 0 bridgehead atoms. The Hall–Kier alpha value is -3.22. The summed E-state index contributed by atoms with van der Waals surface area (Å²) >= 11 is 0. The van der Waals surface area contributed by atoms with Crippen molar-refractivity contribution in [2.45, 2.75) is 32.4 Å². The van der Waals surface area contributed by atoms with Gasteiger partial charge in [-0.05, 0) is 44.5 Å². The molecule has 3 aromatic rings. The van der Waals surface area contributed by atoms with Gasteiger partial charge in [0.25, 0.3) is 5.91 Å². The normalized spacial score (nSPS) is 19.0. The summed E-state index contributed by atoms with van der Waals surface area (Å²) in [6.07, 6.45) is 0.332. The summed E-state index contributed by atoms with van der Waals surface area (Å²) in [5.41, 5.74) is 2.11. The van der Waals surface area contributed by atoms with Crippen LogP contribution in [0.3, 0.4) is 0 Å². The molecule has 1 amide bonds. The molecule has 150 valence electrons. The van der Waals surface area contributed by atoms with E-state index < -0.39 is 6.10 Å². The summed E-state index contributed by atoms with van der Waals surface area (Å²) in [6, 6.07) is 13.7. The SMILES string of the molecule is Cc1nc2ccccc2n1[C@@H]1CCN(C(=O)[C@@H](C)Oc2ccc3c(c2)OCO3)C1. The monoisotopic (exact) mass is 393 g/mol. The van der Waals surface area contributed by atoms with Gasteiger partial charge in [-0.2, -0.15) is 0 Å². The number of ether oxygens (including phenoxy) is 3. The van der Waals surface area contributed by atoms with Crippen molar-refractivity contribution in [2.24, 2.45) is 0 Å². The summed E-state index contributed by atoms with van der Waals surface area (Å²) in [7, 11) is 0. The second-order valence-electron chi connectivity index (χ2n) is 7.52. The average molecular weight is 393 g/mol. The van der Waals surface area contributed by atoms with Crippen LogP contribution < -0.4 is 14.2 Å². The van der Waals surface area contributed by atoms with Crippen molar-refractivity contribution in [3.63, 3.8) is 0 Å². The van der Waals surface area contributed by atoms with E-state index in [1.165, 1.54) is 0 Å². The third-order valence-electron chi connectivity index (χ3n) is 5.62. The molecule has 0 spiro atoms. The molecule has 3 heterocycles. The van der Waals surface area contributed by atoms with Gasteiger partial charge in [-0.3, -0.25) is 4.79 Å². The van der Waals surface area contributed by atoms with E-state index in [0.29, 0.717) is 30.3 Å². The maximum atomic E-state index is 13.0. The standard InChI is InChI=1S/C22H23N3O4/c1-14(29-17-7-8-20-21(11-17)28-13-27-20)22(26)24-10-9-16(12-24)25-15(2)23-18-5-3-4-6-19(18)25/h3-8,11,14,16H,9-10,12-13H2,1-2H3/t14-,16-/m1/s1. The molecular formula is C22H23N3O4. The van der Waals surface area contributed by atoms with Crippen molar-refractivity contribution in [1.29, 1.82) is 0 Å². The molecule has 1 fully saturated rings. The topological polar surface area (TPSA) is 65.8 Å². The Balaban J connectivity index is 1.28. The quantitative estimate of drug-likeness (QED) is 0.680. The molecule has 2 atom stereocenters. The van der Waals surface area contributed by atoms with Crippen LogP contribution in [-0.4, -0.2) is 46.3 Å². The number of hydrogen-bond acceptors (Lipinski definition) is 5. The molecule has 0 unspecified atom stereocenters. The number of imidazole rings is 1. The fraction of sp³-hybridized carbons (Fsp3) is 0.364. The highest BCUT2D eigenvalue weighted by molar-refractivity contribution is 5.81. The molecule has 0 saturated carbocycles. The highest BCUT2D eigenvalue weighted by Gasteiger charge is 2.32. The predicted octanol–water partition coefficient (Wildman–Crippen LogP) is 3.31. The summed E-state index contributed by atoms with van der Waals surface area (Å²) in [4.78, 5) is 19.5. The van der Waals surface area contributed by atoms with Gasteiger partial charge in [-0.25, -0.2) is 4.98 Å². The number of carbonyl (C=O) groups is 1. The smallest absolute Gasteiger partial charge is 0.263 e. The number of rotatable bonds is 4. The van der Waals surface area contributed by atoms with E-state index in [2.05, 4.69) is 15.6 Å². The number of hydrogen-bond donors (Lipinski definition) is 0. The molecule has 2 aliphatic heterocycles. The molecule has 0 N–H and O–H groups in total. The van der Waals surface area contributed by atoms with Crippen molar-refractivity contribution < 1.29 is 19.0 Å². The summed E-state index contributed by atoms with van der Waals surface area (Å²) in [6.45, 7) is 5.40. The number of carbonyl (C=O) groups excluding carboxylic acids is 1. The highest BCUT2D eigenvalue weighted by atomic mass is 16.7. The fourth-order valence-corrected chi connectivity index (χ4v) is 4.24. The Morgan fingerprint density at radius 2 is 2.03 bits per heavy atom. The molecule has 7 heteroatoms. The lowest BCUT2D eigenvalue weighted by Crippen LogP contribution is -2.39. The third-order valence-corrected chi connectivity index (χ3v) is 5.62. The molecule has 1 aromatic heterocycles. The summed E-state index contributed by atoms with van der Waals surface area (Å²) < 4.78 is 18.8. The largest absolute Gasteiger partial charge is 0.481 e. The minimum Gasteiger partial charge on any atom is -0.481 e. The van der Waals surface area contributed by atoms with E-state index in [0.717, 1.165) is 23.3 Å². The molecule has 0 radical (unpaired) electrons. The van der Waals surface area contributed by atoms with Gasteiger partial charge >= 0.3 is 0 Å². The van der Waals surface area contributed by atoms with Crippen molar-refractivity contribution in [3.8, 4) is 17.2 Å². The van der Waals surface area contributed by atoms with Crippen LogP contribution in [0.5, 0.6) is 17.2 Å². The molecule has 2 aliphatic rings. The van der Waals surface area contributed by atoms with Crippen LogP contribution in [0.2, 0.25) is 0 Å². The van der Waals surface area contributed by atoms with Crippen molar-refractivity contribution in [1.82, 2.24) is 14.5 Å². The van der Waals surface area contributed by atoms with E-state index in [-0.39, 0.29) is 18.7 Å². The van der Waals surface area contributed by atoms with E-state index in [9.17, 15) is 4.79 Å². The molecule has 0 aliphatic carbocycles. The third kappa shape index (κ3) is 3.16. The Kier molecular flexibility index (Phi) is 4.30. The van der Waals surface area contributed by atoms with Gasteiger partial charge in [0.15, 0.2) is 17.6 Å². The maximum Gasteiger partial charge on any atom is 0.263 e. The van der Waals surface area contributed by atoms with Gasteiger partial charge in [-0.15, -0.1) is 0 Å². The number of benzene rings is 2. The van der Waals surface area contributed by atoms with Gasteiger partial charge in [0.05, 0.1) is 17.1 Å². The number of nitrogens with zero attached hydrogens (tertiary/aromatic N) is 3. The molecule has 1 saturated heterocycles. The Labute approximate surface area is 168 Å². The highest BCUT2D eigenvalue weighted by Crippen LogP contribution is 2.35. The second kappa shape index (κ2) is 6.99. The van der Waals surface area contributed by atoms with E-state index >= 15 is 0 Å². The molecule has 7 nitrogen and oxygen atoms in total. The molecule has 2 aromatic carbocycles. The first-order valence-corrected chi connectivity index (χ1v) is 9.89. The lowest BCUT2D eigenvalue weighted by Gasteiger charge is -2.22. The van der Waals surface area contributed by atoms with Gasteiger partial charge in [-0.1, -0.05) is 12.1 Å².